The van der Waals surface area contributed by atoms with Crippen LogP contribution in [0.25, 0.3) is 0 Å². The Morgan fingerprint density at radius 1 is 0.635 bits per heavy atom. The van der Waals surface area contributed by atoms with Crippen molar-refractivity contribution in [2.24, 2.45) is 5.84 Å². The Bertz CT molecular complexity index is 2020. The van der Waals surface area contributed by atoms with Gasteiger partial charge in [0.25, 0.3) is 11.8 Å². The standard InChI is InChI=1S/C17H17F3N4O4S.C15H18N4O3S/c1-29(27,28)24(11-14-4-2-3-9-21-14)10-12-5-7-13(8-6-12)15(25)22-23-16(26)17(18,19)20;1-23(21,22)19(11-14-4-2-3-9-17-14)10-12-5-7-13(8-6-12)15(20)18-16/h2-9H,10-11H2,1H3,(H,22,25)(H,23,26);2-9H,10-11,16H2,1H3,(H,18,20). The highest BCUT2D eigenvalue weighted by molar-refractivity contribution is 7.88. The largest absolute Gasteiger partial charge is 0.472 e. The van der Waals surface area contributed by atoms with Gasteiger partial charge in [-0.05, 0) is 59.7 Å². The predicted octanol–water partition coefficient (Wildman–Crippen LogP) is 2.01. The van der Waals surface area contributed by atoms with Gasteiger partial charge in [-0.15, -0.1) is 0 Å². The van der Waals surface area contributed by atoms with E-state index in [1.807, 2.05) is 11.5 Å². The molecule has 0 unspecified atom stereocenters. The molecule has 278 valence electrons. The zero-order chi connectivity index (χ0) is 38.5. The molecule has 20 heteroatoms. The summed E-state index contributed by atoms with van der Waals surface area (Å²) in [5.74, 6) is 1.41. The summed E-state index contributed by atoms with van der Waals surface area (Å²) in [4.78, 5) is 42.1. The van der Waals surface area contributed by atoms with Crippen molar-refractivity contribution in [3.63, 3.8) is 0 Å². The Morgan fingerprint density at radius 3 is 1.37 bits per heavy atom. The van der Waals surface area contributed by atoms with Crippen LogP contribution in [-0.2, 0) is 51.0 Å². The van der Waals surface area contributed by atoms with Crippen LogP contribution in [0.3, 0.4) is 0 Å². The number of nitrogens with two attached hydrogens (primary N) is 1. The van der Waals surface area contributed by atoms with Crippen molar-refractivity contribution in [3.05, 3.63) is 131 Å². The Hall–Kier alpha value is -5.28. The Labute approximate surface area is 298 Å². The van der Waals surface area contributed by atoms with Crippen LogP contribution in [0.4, 0.5) is 13.2 Å². The van der Waals surface area contributed by atoms with Crippen molar-refractivity contribution in [2.75, 3.05) is 12.5 Å². The van der Waals surface area contributed by atoms with Gasteiger partial charge < -0.3 is 0 Å². The minimum absolute atomic E-state index is 0.00210. The summed E-state index contributed by atoms with van der Waals surface area (Å²) in [7, 11) is -6.96. The van der Waals surface area contributed by atoms with E-state index in [1.54, 1.807) is 72.4 Å². The molecule has 0 fully saturated rings. The van der Waals surface area contributed by atoms with E-state index in [4.69, 9.17) is 5.84 Å². The van der Waals surface area contributed by atoms with E-state index in [-0.39, 0.29) is 31.7 Å². The molecule has 2 aromatic carbocycles. The molecule has 15 nitrogen and oxygen atoms in total. The molecule has 4 rings (SSSR count). The first-order chi connectivity index (χ1) is 24.4. The van der Waals surface area contributed by atoms with E-state index in [1.165, 1.54) is 38.3 Å². The lowest BCUT2D eigenvalue weighted by Crippen LogP contribution is -2.47. The number of sulfonamides is 2. The lowest BCUT2D eigenvalue weighted by molar-refractivity contribution is -0.174. The second-order valence-corrected chi connectivity index (χ2v) is 14.9. The van der Waals surface area contributed by atoms with Crippen molar-refractivity contribution in [3.8, 4) is 0 Å². The minimum atomic E-state index is -5.13. The number of rotatable bonds is 12. The molecule has 0 spiro atoms. The molecule has 0 atom stereocenters. The van der Waals surface area contributed by atoms with E-state index in [2.05, 4.69) is 9.97 Å². The van der Waals surface area contributed by atoms with E-state index in [9.17, 15) is 44.4 Å². The summed E-state index contributed by atoms with van der Waals surface area (Å²) in [5.41, 5.74) is 7.86. The second kappa shape index (κ2) is 18.3. The molecule has 52 heavy (non-hydrogen) atoms. The summed E-state index contributed by atoms with van der Waals surface area (Å²) < 4.78 is 86.9. The minimum Gasteiger partial charge on any atom is -0.290 e. The average Bonchev–Trinajstić information content (AvgIpc) is 3.10. The van der Waals surface area contributed by atoms with Gasteiger partial charge in [-0.2, -0.15) is 21.8 Å². The number of carbonyl (C=O) groups excluding carboxylic acids is 3. The lowest BCUT2D eigenvalue weighted by atomic mass is 10.1. The zero-order valence-corrected chi connectivity index (χ0v) is 29.4. The molecule has 0 radical (unpaired) electrons. The Morgan fingerprint density at radius 2 is 1.04 bits per heavy atom. The van der Waals surface area contributed by atoms with Crippen LogP contribution < -0.4 is 22.1 Å². The molecule has 4 aromatic rings. The third kappa shape index (κ3) is 13.5. The highest BCUT2D eigenvalue weighted by Gasteiger charge is 2.39. The van der Waals surface area contributed by atoms with Gasteiger partial charge in [-0.3, -0.25) is 40.6 Å². The first kappa shape index (κ1) is 41.1. The van der Waals surface area contributed by atoms with E-state index in [0.717, 1.165) is 18.1 Å². The number of alkyl halides is 3. The van der Waals surface area contributed by atoms with E-state index in [0.29, 0.717) is 22.5 Å². The lowest BCUT2D eigenvalue weighted by Gasteiger charge is -2.19. The number of halogens is 3. The fourth-order valence-corrected chi connectivity index (χ4v) is 5.70. The smallest absolute Gasteiger partial charge is 0.290 e. The molecule has 2 heterocycles. The van der Waals surface area contributed by atoms with Crippen LogP contribution in [0.2, 0.25) is 0 Å². The van der Waals surface area contributed by atoms with Crippen molar-refractivity contribution in [1.82, 2.24) is 34.9 Å². The molecule has 0 aliphatic heterocycles. The summed E-state index contributed by atoms with van der Waals surface area (Å²) in [6, 6.07) is 22.6. The summed E-state index contributed by atoms with van der Waals surface area (Å²) in [5, 5.41) is 0. The fourth-order valence-electron chi connectivity index (χ4n) is 4.20. The van der Waals surface area contributed by atoms with Gasteiger partial charge in [-0.1, -0.05) is 36.4 Å². The van der Waals surface area contributed by atoms with Crippen molar-refractivity contribution >= 4 is 37.8 Å². The van der Waals surface area contributed by atoms with Crippen molar-refractivity contribution in [2.45, 2.75) is 32.4 Å². The van der Waals surface area contributed by atoms with Gasteiger partial charge in [-0.25, -0.2) is 22.7 Å². The number of nitrogens with zero attached hydrogens (tertiary/aromatic N) is 4. The van der Waals surface area contributed by atoms with Crippen LogP contribution >= 0.6 is 0 Å². The maximum absolute atomic E-state index is 12.1. The molecule has 0 bridgehead atoms. The molecule has 5 N–H and O–H groups in total. The quantitative estimate of drug-likeness (QED) is 0.0936. The Kier molecular flexibility index (Phi) is 14.5. The maximum Gasteiger partial charge on any atom is 0.472 e. The number of benzene rings is 2. The van der Waals surface area contributed by atoms with Gasteiger partial charge >= 0.3 is 12.1 Å². The summed E-state index contributed by atoms with van der Waals surface area (Å²) in [6.07, 6.45) is 0.254. The van der Waals surface area contributed by atoms with Crippen molar-refractivity contribution < 1.29 is 44.4 Å². The normalized spacial score (nSPS) is 11.7. The number of carbonyl (C=O) groups is 3. The first-order valence-electron chi connectivity index (χ1n) is 14.9. The molecule has 2 aromatic heterocycles. The predicted molar refractivity (Wildman–Crippen MR) is 183 cm³/mol. The number of hydrogen-bond donors (Lipinski definition) is 4. The Balaban J connectivity index is 0.000000288. The SMILES string of the molecule is CS(=O)(=O)N(Cc1ccc(C(=O)NN)cc1)Cc1ccccn1.CS(=O)(=O)N(Cc1ccc(C(=O)NNC(=O)C(F)(F)F)cc1)Cc1ccccn1. The van der Waals surface area contributed by atoms with E-state index < -0.39 is 43.9 Å². The highest BCUT2D eigenvalue weighted by Crippen LogP contribution is 2.16. The number of hydrazine groups is 2. The number of nitrogens with one attached hydrogen (secondary N) is 3. The second-order valence-electron chi connectivity index (χ2n) is 11.0. The molecule has 0 saturated heterocycles. The highest BCUT2D eigenvalue weighted by atomic mass is 32.2. The molecule has 0 aliphatic rings. The zero-order valence-electron chi connectivity index (χ0n) is 27.7. The van der Waals surface area contributed by atoms with Gasteiger partial charge in [0.2, 0.25) is 20.0 Å². The maximum atomic E-state index is 12.1. The molecule has 0 saturated carbocycles. The molecule has 0 aliphatic carbocycles. The average molecular weight is 765 g/mol. The molecule has 3 amide bonds. The summed E-state index contributed by atoms with van der Waals surface area (Å²) >= 11 is 0. The molecular formula is C32H35F3N8O7S2. The molecular weight excluding hydrogens is 730 g/mol. The number of aromatic nitrogens is 2. The van der Waals surface area contributed by atoms with Crippen LogP contribution in [0.5, 0.6) is 0 Å². The van der Waals surface area contributed by atoms with Crippen LogP contribution in [0, 0.1) is 0 Å². The van der Waals surface area contributed by atoms with Crippen LogP contribution in [-0.4, -0.2) is 71.8 Å². The third-order valence-corrected chi connectivity index (χ3v) is 9.29. The van der Waals surface area contributed by atoms with Gasteiger partial charge in [0.05, 0.1) is 37.0 Å². The topological polar surface area (TPSA) is 214 Å². The number of amides is 3. The monoisotopic (exact) mass is 764 g/mol. The number of nitrogen functional groups attached to an aromatic ring is 1. The third-order valence-electron chi connectivity index (χ3n) is 6.90. The van der Waals surface area contributed by atoms with Gasteiger partial charge in [0, 0.05) is 36.6 Å². The van der Waals surface area contributed by atoms with E-state index >= 15 is 0 Å². The van der Waals surface area contributed by atoms with Gasteiger partial charge in [0.15, 0.2) is 0 Å². The van der Waals surface area contributed by atoms with Crippen molar-refractivity contribution in [1.29, 1.82) is 0 Å². The fraction of sp³-hybridized carbons (Fsp3) is 0.219. The first-order valence-corrected chi connectivity index (χ1v) is 18.6. The van der Waals surface area contributed by atoms with Crippen LogP contribution in [0.15, 0.2) is 97.3 Å². The number of hydrogen-bond acceptors (Lipinski definition) is 10. The van der Waals surface area contributed by atoms with Gasteiger partial charge in [0.1, 0.15) is 0 Å². The summed E-state index contributed by atoms with van der Waals surface area (Å²) in [6.45, 7) is 0.429. The number of pyridine rings is 2. The van der Waals surface area contributed by atoms with Crippen LogP contribution in [0.1, 0.15) is 43.2 Å².